The molecule has 76 valence electrons. The van der Waals surface area contributed by atoms with E-state index >= 15 is 0 Å². The van der Waals surface area contributed by atoms with Gasteiger partial charge in [-0.3, -0.25) is 4.79 Å². The van der Waals surface area contributed by atoms with Crippen LogP contribution in [-0.4, -0.2) is 36.2 Å². The fourth-order valence-electron chi connectivity index (χ4n) is 1.29. The van der Waals surface area contributed by atoms with Crippen LogP contribution in [0.25, 0.3) is 0 Å². The predicted octanol–water partition coefficient (Wildman–Crippen LogP) is 1.51. The summed E-state index contributed by atoms with van der Waals surface area (Å²) in [7, 11) is 0. The van der Waals surface area contributed by atoms with Crippen molar-refractivity contribution in [3.8, 4) is 0 Å². The van der Waals surface area contributed by atoms with Crippen molar-refractivity contribution >= 4 is 5.91 Å². The molecule has 0 bridgehead atoms. The van der Waals surface area contributed by atoms with Crippen LogP contribution >= 0.6 is 0 Å². The first-order valence-corrected chi connectivity index (χ1v) is 3.91. The highest BCUT2D eigenvalue weighted by Crippen LogP contribution is 2.22. The van der Waals surface area contributed by atoms with Crippen molar-refractivity contribution in [3.63, 3.8) is 0 Å². The van der Waals surface area contributed by atoms with E-state index in [-0.39, 0.29) is 13.0 Å². The number of hydrogen-bond acceptors (Lipinski definition) is 1. The van der Waals surface area contributed by atoms with Gasteiger partial charge in [0.05, 0.1) is 6.54 Å². The molecular formula is C7H9F4NO. The van der Waals surface area contributed by atoms with E-state index in [1.807, 2.05) is 0 Å². The zero-order valence-electron chi connectivity index (χ0n) is 6.77. The molecule has 0 radical (unpaired) electrons. The maximum atomic E-state index is 12.6. The molecule has 6 heteroatoms. The van der Waals surface area contributed by atoms with Crippen LogP contribution in [0.5, 0.6) is 0 Å². The van der Waals surface area contributed by atoms with Crippen molar-refractivity contribution in [1.29, 1.82) is 0 Å². The number of piperidine rings is 1. The second kappa shape index (κ2) is 3.51. The minimum atomic E-state index is -4.88. The van der Waals surface area contributed by atoms with Crippen molar-refractivity contribution in [3.05, 3.63) is 0 Å². The number of likely N-dealkylation sites (tertiary alicyclic amines) is 1. The van der Waals surface area contributed by atoms with Crippen molar-refractivity contribution in [1.82, 2.24) is 4.90 Å². The third-order valence-electron chi connectivity index (χ3n) is 1.89. The van der Waals surface area contributed by atoms with Crippen molar-refractivity contribution in [2.24, 2.45) is 0 Å². The number of alkyl halides is 4. The monoisotopic (exact) mass is 199 g/mol. The van der Waals surface area contributed by atoms with Gasteiger partial charge in [-0.25, -0.2) is 4.39 Å². The highest BCUT2D eigenvalue weighted by atomic mass is 19.4. The lowest BCUT2D eigenvalue weighted by atomic mass is 10.1. The molecule has 0 aromatic rings. The summed E-state index contributed by atoms with van der Waals surface area (Å²) >= 11 is 0. The summed E-state index contributed by atoms with van der Waals surface area (Å²) < 4.78 is 48.2. The van der Waals surface area contributed by atoms with E-state index in [0.717, 1.165) is 0 Å². The molecule has 1 fully saturated rings. The van der Waals surface area contributed by atoms with Gasteiger partial charge in [0.2, 0.25) is 0 Å². The lowest BCUT2D eigenvalue weighted by Gasteiger charge is -2.29. The second-order valence-electron chi connectivity index (χ2n) is 2.99. The van der Waals surface area contributed by atoms with E-state index in [1.54, 1.807) is 0 Å². The van der Waals surface area contributed by atoms with Crippen LogP contribution in [0.3, 0.4) is 0 Å². The molecule has 1 atom stereocenters. The van der Waals surface area contributed by atoms with Gasteiger partial charge in [0, 0.05) is 6.54 Å². The zero-order chi connectivity index (χ0) is 10.1. The first-order chi connectivity index (χ1) is 5.91. The highest BCUT2D eigenvalue weighted by Gasteiger charge is 2.43. The Labute approximate surface area is 72.5 Å². The van der Waals surface area contributed by atoms with Crippen LogP contribution in [0.2, 0.25) is 0 Å². The van der Waals surface area contributed by atoms with E-state index in [0.29, 0.717) is 11.3 Å². The van der Waals surface area contributed by atoms with Crippen LogP contribution in [-0.2, 0) is 4.79 Å². The van der Waals surface area contributed by atoms with E-state index in [2.05, 4.69) is 0 Å². The summed E-state index contributed by atoms with van der Waals surface area (Å²) in [6, 6.07) is 0. The average Bonchev–Trinajstić information content (AvgIpc) is 2.01. The first-order valence-electron chi connectivity index (χ1n) is 3.91. The van der Waals surface area contributed by atoms with Gasteiger partial charge in [0.25, 0.3) is 0 Å². The Morgan fingerprint density at radius 3 is 2.46 bits per heavy atom. The van der Waals surface area contributed by atoms with Gasteiger partial charge in [0.15, 0.2) is 0 Å². The van der Waals surface area contributed by atoms with Crippen LogP contribution in [0, 0.1) is 0 Å². The maximum Gasteiger partial charge on any atom is 0.471 e. The predicted molar refractivity (Wildman–Crippen MR) is 36.8 cm³/mol. The average molecular weight is 199 g/mol. The van der Waals surface area contributed by atoms with Crippen molar-refractivity contribution < 1.29 is 22.4 Å². The number of rotatable bonds is 0. The Balaban J connectivity index is 2.56. The molecule has 0 spiro atoms. The first kappa shape index (κ1) is 10.3. The molecule has 1 saturated heterocycles. The third-order valence-corrected chi connectivity index (χ3v) is 1.89. The van der Waals surface area contributed by atoms with Gasteiger partial charge in [-0.2, -0.15) is 13.2 Å². The molecule has 0 aliphatic carbocycles. The molecule has 1 amide bonds. The standard InChI is InChI=1S/C7H9F4NO/c8-5-2-1-3-12(4-5)6(13)7(9,10)11/h5H,1-4H2/t5-/m0/s1. The molecule has 1 aliphatic heterocycles. The normalized spacial score (nSPS) is 24.6. The van der Waals surface area contributed by atoms with Gasteiger partial charge in [-0.15, -0.1) is 0 Å². The maximum absolute atomic E-state index is 12.6. The Morgan fingerprint density at radius 2 is 2.00 bits per heavy atom. The van der Waals surface area contributed by atoms with E-state index < -0.39 is 24.8 Å². The zero-order valence-corrected chi connectivity index (χ0v) is 6.77. The molecule has 1 rings (SSSR count). The van der Waals surface area contributed by atoms with E-state index in [1.165, 1.54) is 0 Å². The van der Waals surface area contributed by atoms with Gasteiger partial charge < -0.3 is 4.90 Å². The summed E-state index contributed by atoms with van der Waals surface area (Å²) in [5, 5.41) is 0. The van der Waals surface area contributed by atoms with E-state index in [9.17, 15) is 22.4 Å². The second-order valence-corrected chi connectivity index (χ2v) is 2.99. The summed E-state index contributed by atoms with van der Waals surface area (Å²) in [6.45, 7) is -0.433. The van der Waals surface area contributed by atoms with Crippen LogP contribution < -0.4 is 0 Å². The molecule has 0 aromatic carbocycles. The fourth-order valence-corrected chi connectivity index (χ4v) is 1.29. The molecule has 13 heavy (non-hydrogen) atoms. The van der Waals surface area contributed by atoms with Gasteiger partial charge in [-0.1, -0.05) is 0 Å². The molecule has 1 heterocycles. The number of amides is 1. The quantitative estimate of drug-likeness (QED) is 0.541. The summed E-state index contributed by atoms with van der Waals surface area (Å²) in [6.07, 6.45) is -5.66. The highest BCUT2D eigenvalue weighted by molar-refractivity contribution is 5.81. The van der Waals surface area contributed by atoms with Gasteiger partial charge in [-0.05, 0) is 12.8 Å². The number of hydrogen-bond donors (Lipinski definition) is 0. The minimum absolute atomic E-state index is 0.00123. The number of nitrogens with zero attached hydrogens (tertiary/aromatic N) is 1. The number of halogens is 4. The third kappa shape index (κ3) is 2.57. The molecule has 0 saturated carbocycles. The summed E-state index contributed by atoms with van der Waals surface area (Å²) in [5.74, 6) is -1.94. The molecule has 2 nitrogen and oxygen atoms in total. The van der Waals surface area contributed by atoms with Crippen molar-refractivity contribution in [2.45, 2.75) is 25.2 Å². The van der Waals surface area contributed by atoms with Crippen molar-refractivity contribution in [2.75, 3.05) is 13.1 Å². The Hall–Kier alpha value is -0.810. The SMILES string of the molecule is O=C(N1CCC[C@H](F)C1)C(F)(F)F. The largest absolute Gasteiger partial charge is 0.471 e. The van der Waals surface area contributed by atoms with E-state index in [4.69, 9.17) is 0 Å². The molecule has 1 aliphatic rings. The van der Waals surface area contributed by atoms with Crippen LogP contribution in [0.15, 0.2) is 0 Å². The molecule has 0 N–H and O–H groups in total. The van der Waals surface area contributed by atoms with Gasteiger partial charge in [0.1, 0.15) is 6.17 Å². The topological polar surface area (TPSA) is 20.3 Å². The summed E-state index contributed by atoms with van der Waals surface area (Å²) in [5.41, 5.74) is 0. The Morgan fingerprint density at radius 1 is 1.38 bits per heavy atom. The minimum Gasteiger partial charge on any atom is -0.332 e. The Kier molecular flexibility index (Phi) is 2.77. The van der Waals surface area contributed by atoms with Gasteiger partial charge >= 0.3 is 12.1 Å². The number of carbonyl (C=O) groups is 1. The fraction of sp³-hybridized carbons (Fsp3) is 0.857. The molecular weight excluding hydrogens is 190 g/mol. The molecule has 0 aromatic heterocycles. The summed E-state index contributed by atoms with van der Waals surface area (Å²) in [4.78, 5) is 11.1. The van der Waals surface area contributed by atoms with Crippen LogP contribution in [0.1, 0.15) is 12.8 Å². The Bertz CT molecular complexity index is 203. The lowest BCUT2D eigenvalue weighted by Crippen LogP contribution is -2.46. The lowest BCUT2D eigenvalue weighted by molar-refractivity contribution is -0.187. The molecule has 0 unspecified atom stereocenters. The van der Waals surface area contributed by atoms with Crippen LogP contribution in [0.4, 0.5) is 17.6 Å². The number of carbonyl (C=O) groups excluding carboxylic acids is 1. The smallest absolute Gasteiger partial charge is 0.332 e.